The number of hydrogen-bond acceptors (Lipinski definition) is 6. The maximum atomic E-state index is 6.12. The molecule has 1 saturated carbocycles. The highest BCUT2D eigenvalue weighted by Gasteiger charge is 2.37. The summed E-state index contributed by atoms with van der Waals surface area (Å²) in [5.74, 6) is 0. The summed E-state index contributed by atoms with van der Waals surface area (Å²) in [4.78, 5) is 10.9. The first-order valence-corrected chi connectivity index (χ1v) is 11.1. The van der Waals surface area contributed by atoms with Crippen LogP contribution in [0.2, 0.25) is 0 Å². The highest BCUT2D eigenvalue weighted by molar-refractivity contribution is 5.97. The summed E-state index contributed by atoms with van der Waals surface area (Å²) in [5.41, 5.74) is 8.25. The van der Waals surface area contributed by atoms with Crippen LogP contribution in [-0.4, -0.2) is 39.6 Å². The summed E-state index contributed by atoms with van der Waals surface area (Å²) in [6.07, 6.45) is 12.2. The largest absolute Gasteiger partial charge is 0.381 e. The van der Waals surface area contributed by atoms with Crippen LogP contribution in [0.1, 0.15) is 63.1 Å². The van der Waals surface area contributed by atoms with Gasteiger partial charge >= 0.3 is 0 Å². The number of hydroxylamine groups is 1. The Hall–Kier alpha value is -2.12. The van der Waals surface area contributed by atoms with Crippen LogP contribution in [0.25, 0.3) is 16.7 Å². The van der Waals surface area contributed by atoms with E-state index in [9.17, 15) is 0 Å². The molecule has 5 rings (SSSR count). The molecule has 0 bridgehead atoms. The average Bonchev–Trinajstić information content (AvgIpc) is 3.30. The van der Waals surface area contributed by atoms with Crippen LogP contribution in [0.5, 0.6) is 0 Å². The highest BCUT2D eigenvalue weighted by Crippen LogP contribution is 2.41. The quantitative estimate of drug-likeness (QED) is 0.814. The number of fused-ring (bicyclic) bond motifs is 1. The number of nitrogens with one attached hydrogen (secondary N) is 2. The SMILES string of the molecule is CCn1nc(C)c2c(NC3CCOCC3)c(C3=CC4(CCCCC4)ON3)cnc21. The second-order valence-corrected chi connectivity index (χ2v) is 8.57. The maximum absolute atomic E-state index is 6.12. The molecule has 7 nitrogen and oxygen atoms in total. The van der Waals surface area contributed by atoms with Gasteiger partial charge in [-0.1, -0.05) is 19.3 Å². The molecule has 2 fully saturated rings. The highest BCUT2D eigenvalue weighted by atomic mass is 16.7. The van der Waals surface area contributed by atoms with Crippen molar-refractivity contribution in [2.24, 2.45) is 0 Å². The molecule has 4 heterocycles. The van der Waals surface area contributed by atoms with E-state index in [2.05, 4.69) is 30.7 Å². The third kappa shape index (κ3) is 3.40. The molecule has 0 amide bonds. The zero-order valence-electron chi connectivity index (χ0n) is 17.5. The molecule has 156 valence electrons. The predicted octanol–water partition coefficient (Wildman–Crippen LogP) is 3.93. The number of rotatable bonds is 4. The van der Waals surface area contributed by atoms with Crippen LogP contribution in [-0.2, 0) is 16.1 Å². The number of aromatic nitrogens is 3. The lowest BCUT2D eigenvalue weighted by Crippen LogP contribution is -2.31. The molecule has 2 N–H and O–H groups in total. The molecule has 0 radical (unpaired) electrons. The number of pyridine rings is 1. The van der Waals surface area contributed by atoms with E-state index >= 15 is 0 Å². The molecule has 7 heteroatoms. The Labute approximate surface area is 171 Å². The van der Waals surface area contributed by atoms with Crippen molar-refractivity contribution in [1.82, 2.24) is 20.2 Å². The third-order valence-corrected chi connectivity index (χ3v) is 6.57. The molecule has 1 spiro atoms. The van der Waals surface area contributed by atoms with Gasteiger partial charge < -0.3 is 10.1 Å². The zero-order valence-corrected chi connectivity index (χ0v) is 17.5. The van der Waals surface area contributed by atoms with Gasteiger partial charge in [0, 0.05) is 37.6 Å². The van der Waals surface area contributed by atoms with E-state index in [0.29, 0.717) is 6.04 Å². The fourth-order valence-corrected chi connectivity index (χ4v) is 4.95. The van der Waals surface area contributed by atoms with Gasteiger partial charge in [-0.25, -0.2) is 9.67 Å². The van der Waals surface area contributed by atoms with Crippen LogP contribution >= 0.6 is 0 Å². The Morgan fingerprint density at radius 3 is 2.79 bits per heavy atom. The first-order valence-electron chi connectivity index (χ1n) is 11.1. The second-order valence-electron chi connectivity index (χ2n) is 8.57. The number of hydrogen-bond donors (Lipinski definition) is 2. The Kier molecular flexibility index (Phi) is 4.95. The first-order chi connectivity index (χ1) is 14.2. The Balaban J connectivity index is 1.59. The van der Waals surface area contributed by atoms with Crippen molar-refractivity contribution in [3.63, 3.8) is 0 Å². The lowest BCUT2D eigenvalue weighted by molar-refractivity contribution is -0.0557. The van der Waals surface area contributed by atoms with E-state index in [-0.39, 0.29) is 5.60 Å². The standard InChI is InChI=1S/C22H31N5O2/c1-3-27-21-19(15(2)25-27)20(24-16-7-11-28-12-8-16)17(14-23-21)18-13-22(29-26-18)9-5-4-6-10-22/h13-14,16,26H,3-12H2,1-2H3,(H,23,24). The van der Waals surface area contributed by atoms with Crippen molar-refractivity contribution >= 4 is 22.4 Å². The van der Waals surface area contributed by atoms with E-state index < -0.39 is 0 Å². The van der Waals surface area contributed by atoms with Crippen molar-refractivity contribution in [2.75, 3.05) is 18.5 Å². The molecule has 0 atom stereocenters. The van der Waals surface area contributed by atoms with E-state index in [1.165, 1.54) is 19.3 Å². The summed E-state index contributed by atoms with van der Waals surface area (Å²) in [6, 6.07) is 0.393. The van der Waals surface area contributed by atoms with Gasteiger partial charge in [0.25, 0.3) is 0 Å². The van der Waals surface area contributed by atoms with Crippen molar-refractivity contribution in [1.29, 1.82) is 0 Å². The molecule has 0 unspecified atom stereocenters. The monoisotopic (exact) mass is 397 g/mol. The predicted molar refractivity (Wildman–Crippen MR) is 113 cm³/mol. The minimum absolute atomic E-state index is 0.166. The van der Waals surface area contributed by atoms with E-state index in [1.54, 1.807) is 0 Å². The first kappa shape index (κ1) is 18.9. The minimum atomic E-state index is -0.166. The van der Waals surface area contributed by atoms with Crippen molar-refractivity contribution in [3.8, 4) is 0 Å². The molecule has 2 aromatic heterocycles. The van der Waals surface area contributed by atoms with E-state index in [0.717, 1.165) is 79.1 Å². The van der Waals surface area contributed by atoms with Gasteiger partial charge in [-0.2, -0.15) is 5.10 Å². The normalized spacial score (nSPS) is 22.1. The molecule has 2 aliphatic heterocycles. The molecule has 2 aromatic rings. The van der Waals surface area contributed by atoms with Gasteiger partial charge in [-0.15, -0.1) is 0 Å². The summed E-state index contributed by atoms with van der Waals surface area (Å²) < 4.78 is 7.55. The molecular weight excluding hydrogens is 366 g/mol. The fraction of sp³-hybridized carbons (Fsp3) is 0.636. The fourth-order valence-electron chi connectivity index (χ4n) is 4.95. The second kappa shape index (κ2) is 7.61. The van der Waals surface area contributed by atoms with Crippen molar-refractivity contribution in [2.45, 2.75) is 77.0 Å². The van der Waals surface area contributed by atoms with E-state index in [4.69, 9.17) is 19.7 Å². The van der Waals surface area contributed by atoms with E-state index in [1.807, 2.05) is 10.9 Å². The summed E-state index contributed by atoms with van der Waals surface area (Å²) in [5, 5.41) is 9.67. The van der Waals surface area contributed by atoms with Gasteiger partial charge in [0.2, 0.25) is 0 Å². The summed E-state index contributed by atoms with van der Waals surface area (Å²) >= 11 is 0. The van der Waals surface area contributed by atoms with Crippen LogP contribution in [0, 0.1) is 6.92 Å². The average molecular weight is 398 g/mol. The van der Waals surface area contributed by atoms with Gasteiger partial charge in [-0.05, 0) is 45.6 Å². The van der Waals surface area contributed by atoms with Crippen LogP contribution < -0.4 is 10.8 Å². The lowest BCUT2D eigenvalue weighted by atomic mass is 9.84. The smallest absolute Gasteiger partial charge is 0.160 e. The zero-order chi connectivity index (χ0) is 19.8. The Morgan fingerprint density at radius 1 is 1.24 bits per heavy atom. The Morgan fingerprint density at radius 2 is 2.03 bits per heavy atom. The number of nitrogens with zero attached hydrogens (tertiary/aromatic N) is 3. The summed E-state index contributed by atoms with van der Waals surface area (Å²) in [6.45, 7) is 6.60. The van der Waals surface area contributed by atoms with Gasteiger partial charge in [-0.3, -0.25) is 10.3 Å². The topological polar surface area (TPSA) is 73.2 Å². The van der Waals surface area contributed by atoms with Crippen LogP contribution in [0.3, 0.4) is 0 Å². The molecule has 1 saturated heterocycles. The molecule has 1 aliphatic carbocycles. The van der Waals surface area contributed by atoms with Crippen LogP contribution in [0.15, 0.2) is 12.3 Å². The molecule has 0 aromatic carbocycles. The molecular formula is C22H31N5O2. The van der Waals surface area contributed by atoms with Gasteiger partial charge in [0.1, 0.15) is 5.60 Å². The van der Waals surface area contributed by atoms with Gasteiger partial charge in [0.05, 0.1) is 22.5 Å². The Bertz CT molecular complexity index is 923. The third-order valence-electron chi connectivity index (χ3n) is 6.57. The lowest BCUT2D eigenvalue weighted by Gasteiger charge is -2.29. The number of ether oxygens (including phenoxy) is 1. The molecule has 3 aliphatic rings. The maximum Gasteiger partial charge on any atom is 0.160 e. The van der Waals surface area contributed by atoms with Crippen molar-refractivity contribution in [3.05, 3.63) is 23.5 Å². The molecule has 29 heavy (non-hydrogen) atoms. The van der Waals surface area contributed by atoms with Gasteiger partial charge in [0.15, 0.2) is 5.65 Å². The van der Waals surface area contributed by atoms with Crippen molar-refractivity contribution < 1.29 is 9.57 Å². The van der Waals surface area contributed by atoms with Crippen LogP contribution in [0.4, 0.5) is 5.69 Å². The number of aryl methyl sites for hydroxylation is 2. The number of anilines is 1. The minimum Gasteiger partial charge on any atom is -0.381 e. The summed E-state index contributed by atoms with van der Waals surface area (Å²) in [7, 11) is 0.